The van der Waals surface area contributed by atoms with Crippen LogP contribution >= 0.6 is 0 Å². The summed E-state index contributed by atoms with van der Waals surface area (Å²) in [6.45, 7) is 7.59. The summed E-state index contributed by atoms with van der Waals surface area (Å²) >= 11 is 0. The zero-order chi connectivity index (χ0) is 18.0. The second kappa shape index (κ2) is 7.62. The lowest BCUT2D eigenvalue weighted by atomic mass is 9.99. The smallest absolute Gasteiger partial charge is 0.317 e. The van der Waals surface area contributed by atoms with Gasteiger partial charge in [-0.15, -0.1) is 0 Å². The van der Waals surface area contributed by atoms with Gasteiger partial charge in [-0.1, -0.05) is 12.1 Å². The third-order valence-corrected chi connectivity index (χ3v) is 5.39. The molecular formula is C19H29N3O3. The van der Waals surface area contributed by atoms with Crippen LogP contribution < -0.4 is 5.32 Å². The third kappa shape index (κ3) is 4.07. The number of phenolic OH excluding ortho intramolecular Hbond substituents is 1. The molecule has 2 saturated heterocycles. The van der Waals surface area contributed by atoms with Crippen molar-refractivity contribution >= 4 is 6.03 Å². The minimum atomic E-state index is 0.00430. The average Bonchev–Trinajstić information content (AvgIpc) is 2.59. The van der Waals surface area contributed by atoms with Gasteiger partial charge in [0.1, 0.15) is 5.75 Å². The van der Waals surface area contributed by atoms with Crippen LogP contribution in [-0.2, 0) is 11.2 Å². The first-order chi connectivity index (χ1) is 12.0. The number of carbonyl (C=O) groups excluding carboxylic acids is 1. The lowest BCUT2D eigenvalue weighted by Crippen LogP contribution is -2.60. The number of morpholine rings is 1. The van der Waals surface area contributed by atoms with Crippen molar-refractivity contribution in [3.05, 3.63) is 28.8 Å². The normalized spacial score (nSPS) is 24.0. The molecule has 6 nitrogen and oxygen atoms in total. The van der Waals surface area contributed by atoms with Gasteiger partial charge >= 0.3 is 6.03 Å². The molecular weight excluding hydrogens is 318 g/mol. The van der Waals surface area contributed by atoms with E-state index < -0.39 is 0 Å². The van der Waals surface area contributed by atoms with Crippen LogP contribution in [0.15, 0.2) is 12.1 Å². The number of likely N-dealkylation sites (N-methyl/N-ethyl adjacent to an activating group) is 1. The van der Waals surface area contributed by atoms with E-state index in [-0.39, 0.29) is 12.1 Å². The Kier molecular flexibility index (Phi) is 5.49. The molecule has 138 valence electrons. The zero-order valence-corrected chi connectivity index (χ0v) is 15.4. The van der Waals surface area contributed by atoms with Gasteiger partial charge in [0.05, 0.1) is 18.8 Å². The number of rotatable bonds is 3. The fourth-order valence-corrected chi connectivity index (χ4v) is 3.84. The van der Waals surface area contributed by atoms with E-state index in [1.165, 1.54) is 0 Å². The third-order valence-electron chi connectivity index (χ3n) is 5.39. The maximum Gasteiger partial charge on any atom is 0.317 e. The molecule has 1 aromatic carbocycles. The van der Waals surface area contributed by atoms with Crippen LogP contribution in [0, 0.1) is 13.8 Å². The number of aromatic hydroxyl groups is 1. The number of hydrogen-bond donors (Lipinski definition) is 2. The van der Waals surface area contributed by atoms with Crippen LogP contribution in [0.4, 0.5) is 4.79 Å². The Morgan fingerprint density at radius 3 is 2.76 bits per heavy atom. The molecule has 2 unspecified atom stereocenters. The monoisotopic (exact) mass is 347 g/mol. The Hall–Kier alpha value is -1.79. The van der Waals surface area contributed by atoms with Crippen molar-refractivity contribution in [2.24, 2.45) is 0 Å². The number of hydrogen-bond acceptors (Lipinski definition) is 4. The highest BCUT2D eigenvalue weighted by Gasteiger charge is 2.36. The summed E-state index contributed by atoms with van der Waals surface area (Å²) in [5, 5.41) is 12.9. The molecule has 0 aliphatic carbocycles. The van der Waals surface area contributed by atoms with Gasteiger partial charge in [0.25, 0.3) is 0 Å². The highest BCUT2D eigenvalue weighted by Crippen LogP contribution is 2.23. The van der Waals surface area contributed by atoms with Gasteiger partial charge in [-0.05, 0) is 50.4 Å². The number of carbonyl (C=O) groups is 1. The maximum atomic E-state index is 12.5. The number of benzene rings is 1. The summed E-state index contributed by atoms with van der Waals surface area (Å²) in [6.07, 6.45) is 1.92. The van der Waals surface area contributed by atoms with Gasteiger partial charge in [0.15, 0.2) is 0 Å². The highest BCUT2D eigenvalue weighted by atomic mass is 16.5. The minimum absolute atomic E-state index is 0.00430. The second-order valence-corrected chi connectivity index (χ2v) is 7.25. The first kappa shape index (κ1) is 18.0. The van der Waals surface area contributed by atoms with Crippen molar-refractivity contribution in [2.45, 2.75) is 38.8 Å². The molecule has 2 amide bonds. The van der Waals surface area contributed by atoms with E-state index >= 15 is 0 Å². The predicted molar refractivity (Wildman–Crippen MR) is 97.0 cm³/mol. The summed E-state index contributed by atoms with van der Waals surface area (Å²) < 4.78 is 5.83. The van der Waals surface area contributed by atoms with Crippen LogP contribution in [0.3, 0.4) is 0 Å². The Bertz CT molecular complexity index is 611. The first-order valence-electron chi connectivity index (χ1n) is 9.09. The average molecular weight is 347 g/mol. The van der Waals surface area contributed by atoms with Gasteiger partial charge in [-0.25, -0.2) is 4.79 Å². The topological polar surface area (TPSA) is 65.0 Å². The molecule has 2 atom stereocenters. The van der Waals surface area contributed by atoms with Gasteiger partial charge in [0.2, 0.25) is 0 Å². The van der Waals surface area contributed by atoms with Crippen LogP contribution in [0.1, 0.15) is 23.1 Å². The van der Waals surface area contributed by atoms with E-state index in [1.54, 1.807) is 0 Å². The van der Waals surface area contributed by atoms with Crippen molar-refractivity contribution in [3.8, 4) is 5.75 Å². The molecule has 25 heavy (non-hydrogen) atoms. The number of urea groups is 1. The number of amides is 2. The summed E-state index contributed by atoms with van der Waals surface area (Å²) in [4.78, 5) is 16.7. The molecule has 1 aromatic rings. The molecule has 0 saturated carbocycles. The molecule has 6 heteroatoms. The largest absolute Gasteiger partial charge is 0.507 e. The van der Waals surface area contributed by atoms with E-state index in [9.17, 15) is 9.90 Å². The Morgan fingerprint density at radius 1 is 1.32 bits per heavy atom. The summed E-state index contributed by atoms with van der Waals surface area (Å²) in [5.41, 5.74) is 2.89. The molecule has 2 aliphatic heterocycles. The number of nitrogens with zero attached hydrogens (tertiary/aromatic N) is 2. The standard InChI is InChI=1S/C19H29N3O3/c1-13-10-15(11-14(2)18(13)23)4-6-20-19(24)22-7-5-17-16(12-22)21(3)8-9-25-17/h10-11,16-17,23H,4-9,12H2,1-3H3,(H,20,24). The summed E-state index contributed by atoms with van der Waals surface area (Å²) in [7, 11) is 2.11. The number of phenols is 1. The van der Waals surface area contributed by atoms with E-state index in [4.69, 9.17) is 4.74 Å². The highest BCUT2D eigenvalue weighted by molar-refractivity contribution is 5.74. The molecule has 2 N–H and O–H groups in total. The van der Waals surface area contributed by atoms with Crippen molar-refractivity contribution < 1.29 is 14.6 Å². The molecule has 0 spiro atoms. The lowest BCUT2D eigenvalue weighted by Gasteiger charge is -2.45. The summed E-state index contributed by atoms with van der Waals surface area (Å²) in [6, 6.07) is 4.27. The number of nitrogens with one attached hydrogen (secondary N) is 1. The molecule has 2 fully saturated rings. The lowest BCUT2D eigenvalue weighted by molar-refractivity contribution is -0.0881. The quantitative estimate of drug-likeness (QED) is 0.873. The molecule has 3 rings (SSSR count). The zero-order valence-electron chi connectivity index (χ0n) is 15.4. The fourth-order valence-electron chi connectivity index (χ4n) is 3.84. The minimum Gasteiger partial charge on any atom is -0.507 e. The number of likely N-dealkylation sites (tertiary alicyclic amines) is 1. The van der Waals surface area contributed by atoms with E-state index in [0.717, 1.165) is 55.8 Å². The predicted octanol–water partition coefficient (Wildman–Crippen LogP) is 1.67. The maximum absolute atomic E-state index is 12.5. The Labute approximate surface area is 149 Å². The molecule has 0 bridgehead atoms. The number of fused-ring (bicyclic) bond motifs is 1. The van der Waals surface area contributed by atoms with Crippen molar-refractivity contribution in [2.75, 3.05) is 39.8 Å². The molecule has 0 aromatic heterocycles. The SMILES string of the molecule is Cc1cc(CCNC(=O)N2CCC3OCCN(C)C3C2)cc(C)c1O. The van der Waals surface area contributed by atoms with Crippen LogP contribution in [-0.4, -0.2) is 72.9 Å². The van der Waals surface area contributed by atoms with Crippen molar-refractivity contribution in [3.63, 3.8) is 0 Å². The van der Waals surface area contributed by atoms with Crippen LogP contribution in [0.2, 0.25) is 0 Å². The van der Waals surface area contributed by atoms with Crippen LogP contribution in [0.25, 0.3) is 0 Å². The van der Waals surface area contributed by atoms with Crippen molar-refractivity contribution in [1.82, 2.24) is 15.1 Å². The number of piperidine rings is 1. The molecule has 2 aliphatic rings. The van der Waals surface area contributed by atoms with E-state index in [2.05, 4.69) is 17.3 Å². The Balaban J connectivity index is 1.49. The molecule has 0 radical (unpaired) electrons. The second-order valence-electron chi connectivity index (χ2n) is 7.25. The van der Waals surface area contributed by atoms with Gasteiger partial charge in [-0.3, -0.25) is 4.90 Å². The number of aryl methyl sites for hydroxylation is 2. The van der Waals surface area contributed by atoms with E-state index in [0.29, 0.717) is 18.3 Å². The van der Waals surface area contributed by atoms with Gasteiger partial charge in [0, 0.05) is 26.2 Å². The van der Waals surface area contributed by atoms with Crippen molar-refractivity contribution in [1.29, 1.82) is 0 Å². The molecule has 2 heterocycles. The number of ether oxygens (including phenoxy) is 1. The van der Waals surface area contributed by atoms with Gasteiger partial charge < -0.3 is 20.1 Å². The van der Waals surface area contributed by atoms with Gasteiger partial charge in [-0.2, -0.15) is 0 Å². The Morgan fingerprint density at radius 2 is 2.04 bits per heavy atom. The first-order valence-corrected chi connectivity index (χ1v) is 9.09. The van der Waals surface area contributed by atoms with E-state index in [1.807, 2.05) is 30.9 Å². The fraction of sp³-hybridized carbons (Fsp3) is 0.632. The van der Waals surface area contributed by atoms with Crippen LogP contribution in [0.5, 0.6) is 5.75 Å². The summed E-state index contributed by atoms with van der Waals surface area (Å²) in [5.74, 6) is 0.356.